The molecule has 2 bridgehead atoms. The number of likely N-dealkylation sites (tertiary alicyclic amines) is 1. The van der Waals surface area contributed by atoms with E-state index in [2.05, 4.69) is 0 Å². The Morgan fingerprint density at radius 1 is 1.53 bits per heavy atom. The highest BCUT2D eigenvalue weighted by Gasteiger charge is 2.39. The van der Waals surface area contributed by atoms with E-state index in [9.17, 15) is 4.79 Å². The number of nitrogens with two attached hydrogens (primary N) is 1. The van der Waals surface area contributed by atoms with Crippen molar-refractivity contribution in [1.29, 1.82) is 0 Å². The van der Waals surface area contributed by atoms with Crippen molar-refractivity contribution in [3.63, 3.8) is 0 Å². The molecule has 0 aromatic heterocycles. The van der Waals surface area contributed by atoms with E-state index in [1.165, 1.54) is 0 Å². The van der Waals surface area contributed by atoms with Crippen molar-refractivity contribution < 1.29 is 9.53 Å². The fourth-order valence-corrected chi connectivity index (χ4v) is 2.58. The molecule has 0 aliphatic carbocycles. The first kappa shape index (κ1) is 10.9. The Morgan fingerprint density at radius 2 is 2.40 bits per heavy atom. The number of hydrogen-bond donors (Lipinski definition) is 1. The molecule has 2 N–H and O–H groups in total. The van der Waals surface area contributed by atoms with Gasteiger partial charge in [-0.15, -0.1) is 0 Å². The number of fused-ring (bicyclic) bond motifs is 2. The van der Waals surface area contributed by atoms with Crippen molar-refractivity contribution in [2.45, 2.75) is 31.7 Å². The second kappa shape index (κ2) is 4.94. The SMILES string of the molecule is NCCCN1C(=O)C2CCCOCC1C2. The van der Waals surface area contributed by atoms with Crippen LogP contribution in [0.4, 0.5) is 0 Å². The van der Waals surface area contributed by atoms with E-state index in [-0.39, 0.29) is 5.92 Å². The lowest BCUT2D eigenvalue weighted by Crippen LogP contribution is -2.37. The molecule has 4 nitrogen and oxygen atoms in total. The summed E-state index contributed by atoms with van der Waals surface area (Å²) in [5, 5.41) is 0. The molecule has 0 spiro atoms. The maximum absolute atomic E-state index is 12.0. The minimum Gasteiger partial charge on any atom is -0.379 e. The zero-order chi connectivity index (χ0) is 10.7. The summed E-state index contributed by atoms with van der Waals surface area (Å²) in [6.07, 6.45) is 3.90. The normalized spacial score (nSPS) is 31.5. The van der Waals surface area contributed by atoms with Crippen molar-refractivity contribution in [1.82, 2.24) is 4.90 Å². The van der Waals surface area contributed by atoms with Gasteiger partial charge in [-0.05, 0) is 32.2 Å². The number of nitrogens with zero attached hydrogens (tertiary/aromatic N) is 1. The van der Waals surface area contributed by atoms with Crippen LogP contribution in [0.1, 0.15) is 25.7 Å². The number of amides is 1. The lowest BCUT2D eigenvalue weighted by atomic mass is 9.99. The maximum atomic E-state index is 12.0. The molecule has 2 rings (SSSR count). The van der Waals surface area contributed by atoms with Crippen LogP contribution in [0.2, 0.25) is 0 Å². The number of carbonyl (C=O) groups excluding carboxylic acids is 1. The van der Waals surface area contributed by atoms with Crippen molar-refractivity contribution in [3.05, 3.63) is 0 Å². The molecule has 2 fully saturated rings. The number of ether oxygens (including phenoxy) is 1. The Balaban J connectivity index is 1.99. The van der Waals surface area contributed by atoms with E-state index in [1.54, 1.807) is 0 Å². The molecule has 2 aliphatic rings. The highest BCUT2D eigenvalue weighted by Crippen LogP contribution is 2.30. The molecular formula is C11H20N2O2. The Labute approximate surface area is 90.8 Å². The van der Waals surface area contributed by atoms with E-state index < -0.39 is 0 Å². The minimum atomic E-state index is 0.261. The van der Waals surface area contributed by atoms with Crippen molar-refractivity contribution in [2.75, 3.05) is 26.3 Å². The van der Waals surface area contributed by atoms with Gasteiger partial charge in [-0.2, -0.15) is 0 Å². The average molecular weight is 212 g/mol. The molecule has 4 heteroatoms. The van der Waals surface area contributed by atoms with Gasteiger partial charge in [0.05, 0.1) is 12.6 Å². The number of hydrogen-bond acceptors (Lipinski definition) is 3. The molecule has 0 radical (unpaired) electrons. The molecule has 0 aromatic carbocycles. The van der Waals surface area contributed by atoms with E-state index in [0.717, 1.165) is 38.8 Å². The van der Waals surface area contributed by atoms with Crippen LogP contribution in [0, 0.1) is 5.92 Å². The van der Waals surface area contributed by atoms with Gasteiger partial charge in [0.15, 0.2) is 0 Å². The predicted molar refractivity (Wildman–Crippen MR) is 57.3 cm³/mol. The van der Waals surface area contributed by atoms with Gasteiger partial charge in [-0.1, -0.05) is 0 Å². The molecule has 0 aromatic rings. The Kier molecular flexibility index (Phi) is 3.59. The van der Waals surface area contributed by atoms with Crippen LogP contribution < -0.4 is 5.73 Å². The van der Waals surface area contributed by atoms with Crippen LogP contribution in [-0.4, -0.2) is 43.2 Å². The average Bonchev–Trinajstić information content (AvgIpc) is 2.50. The third kappa shape index (κ3) is 2.32. The van der Waals surface area contributed by atoms with Crippen LogP contribution in [0.25, 0.3) is 0 Å². The predicted octanol–water partition coefficient (Wildman–Crippen LogP) is 0.363. The first-order valence-electron chi connectivity index (χ1n) is 5.91. The Bertz CT molecular complexity index is 233. The summed E-state index contributed by atoms with van der Waals surface area (Å²) in [7, 11) is 0. The summed E-state index contributed by atoms with van der Waals surface area (Å²) < 4.78 is 5.54. The maximum Gasteiger partial charge on any atom is 0.226 e. The highest BCUT2D eigenvalue weighted by molar-refractivity contribution is 5.81. The summed E-state index contributed by atoms with van der Waals surface area (Å²) in [5.41, 5.74) is 5.48. The van der Waals surface area contributed by atoms with Gasteiger partial charge in [-0.3, -0.25) is 4.79 Å². The van der Waals surface area contributed by atoms with Gasteiger partial charge in [0, 0.05) is 19.1 Å². The topological polar surface area (TPSA) is 55.6 Å². The fraction of sp³-hybridized carbons (Fsp3) is 0.909. The largest absolute Gasteiger partial charge is 0.379 e. The molecule has 86 valence electrons. The smallest absolute Gasteiger partial charge is 0.226 e. The van der Waals surface area contributed by atoms with Crippen molar-refractivity contribution in [2.24, 2.45) is 11.7 Å². The number of rotatable bonds is 3. The summed E-state index contributed by atoms with van der Waals surface area (Å²) >= 11 is 0. The highest BCUT2D eigenvalue weighted by atomic mass is 16.5. The minimum absolute atomic E-state index is 0.261. The van der Waals surface area contributed by atoms with Gasteiger partial charge in [-0.25, -0.2) is 0 Å². The molecule has 2 heterocycles. The molecule has 2 unspecified atom stereocenters. The molecular weight excluding hydrogens is 192 g/mol. The first-order valence-corrected chi connectivity index (χ1v) is 5.91. The van der Waals surface area contributed by atoms with Crippen LogP contribution in [0.15, 0.2) is 0 Å². The van der Waals surface area contributed by atoms with Crippen LogP contribution in [0.3, 0.4) is 0 Å². The molecule has 2 saturated heterocycles. The standard InChI is InChI=1S/C11H20N2O2/c12-4-2-5-13-10-7-9(11(13)14)3-1-6-15-8-10/h9-10H,1-8,12H2. The zero-order valence-corrected chi connectivity index (χ0v) is 9.15. The van der Waals surface area contributed by atoms with Gasteiger partial charge in [0.1, 0.15) is 0 Å². The van der Waals surface area contributed by atoms with Crippen LogP contribution >= 0.6 is 0 Å². The van der Waals surface area contributed by atoms with Gasteiger partial charge in [0.25, 0.3) is 0 Å². The molecule has 0 saturated carbocycles. The molecule has 2 aliphatic heterocycles. The third-order valence-corrected chi connectivity index (χ3v) is 3.38. The summed E-state index contributed by atoms with van der Waals surface area (Å²) in [5.74, 6) is 0.593. The van der Waals surface area contributed by atoms with Crippen molar-refractivity contribution in [3.8, 4) is 0 Å². The van der Waals surface area contributed by atoms with Crippen LogP contribution in [0.5, 0.6) is 0 Å². The summed E-state index contributed by atoms with van der Waals surface area (Å²) in [6.45, 7) is 2.99. The second-order valence-corrected chi connectivity index (χ2v) is 4.48. The molecule has 2 atom stereocenters. The van der Waals surface area contributed by atoms with E-state index in [1.807, 2.05) is 4.90 Å². The molecule has 15 heavy (non-hydrogen) atoms. The van der Waals surface area contributed by atoms with Gasteiger partial charge < -0.3 is 15.4 Å². The van der Waals surface area contributed by atoms with Crippen molar-refractivity contribution >= 4 is 5.91 Å². The van der Waals surface area contributed by atoms with E-state index >= 15 is 0 Å². The van der Waals surface area contributed by atoms with Gasteiger partial charge >= 0.3 is 0 Å². The van der Waals surface area contributed by atoms with E-state index in [0.29, 0.717) is 25.1 Å². The third-order valence-electron chi connectivity index (χ3n) is 3.38. The summed E-state index contributed by atoms with van der Waals surface area (Å²) in [6, 6.07) is 0.314. The zero-order valence-electron chi connectivity index (χ0n) is 9.15. The van der Waals surface area contributed by atoms with Crippen LogP contribution in [-0.2, 0) is 9.53 Å². The van der Waals surface area contributed by atoms with Gasteiger partial charge in [0.2, 0.25) is 5.91 Å². The lowest BCUT2D eigenvalue weighted by Gasteiger charge is -2.24. The second-order valence-electron chi connectivity index (χ2n) is 4.48. The fourth-order valence-electron chi connectivity index (χ4n) is 2.58. The van der Waals surface area contributed by atoms with E-state index in [4.69, 9.17) is 10.5 Å². The number of carbonyl (C=O) groups is 1. The Morgan fingerprint density at radius 3 is 3.20 bits per heavy atom. The monoisotopic (exact) mass is 212 g/mol. The summed E-state index contributed by atoms with van der Waals surface area (Å²) in [4.78, 5) is 14.0. The molecule has 1 amide bonds. The Hall–Kier alpha value is -0.610. The lowest BCUT2D eigenvalue weighted by molar-refractivity contribution is -0.132. The first-order chi connectivity index (χ1) is 7.33. The quantitative estimate of drug-likeness (QED) is 0.735.